The Kier molecular flexibility index (Phi) is 5.77. The van der Waals surface area contributed by atoms with Gasteiger partial charge in [-0.15, -0.1) is 11.3 Å². The first-order chi connectivity index (χ1) is 8.92. The standard InChI is InChI=1S/C11H14BrNO5S/c1-5-7(12)8(18-3)9(19-5)10(14)13-4-6(17-2)11(15)16/h6H,4H2,1-3H3,(H,13,14)(H,15,16). The van der Waals surface area contributed by atoms with Crippen molar-refractivity contribution in [1.82, 2.24) is 5.32 Å². The number of carboxylic acid groups (broad SMARTS) is 1. The van der Waals surface area contributed by atoms with Crippen LogP contribution >= 0.6 is 27.3 Å². The number of amides is 1. The van der Waals surface area contributed by atoms with Gasteiger partial charge in [-0.1, -0.05) is 0 Å². The fourth-order valence-electron chi connectivity index (χ4n) is 1.37. The minimum atomic E-state index is -1.13. The molecule has 19 heavy (non-hydrogen) atoms. The first-order valence-corrected chi connectivity index (χ1v) is 6.90. The molecule has 1 aromatic heterocycles. The lowest BCUT2D eigenvalue weighted by atomic mass is 10.3. The molecule has 1 heterocycles. The number of hydrogen-bond acceptors (Lipinski definition) is 5. The van der Waals surface area contributed by atoms with Crippen molar-refractivity contribution < 1.29 is 24.2 Å². The van der Waals surface area contributed by atoms with E-state index >= 15 is 0 Å². The molecule has 0 aliphatic carbocycles. The molecule has 2 N–H and O–H groups in total. The second-order valence-electron chi connectivity index (χ2n) is 3.61. The third-order valence-electron chi connectivity index (χ3n) is 2.39. The maximum Gasteiger partial charge on any atom is 0.334 e. The van der Waals surface area contributed by atoms with E-state index in [2.05, 4.69) is 21.2 Å². The van der Waals surface area contributed by atoms with Gasteiger partial charge >= 0.3 is 5.97 Å². The van der Waals surface area contributed by atoms with E-state index in [1.165, 1.54) is 25.6 Å². The number of ether oxygens (including phenoxy) is 2. The molecule has 0 fully saturated rings. The van der Waals surface area contributed by atoms with E-state index in [0.717, 1.165) is 9.35 Å². The van der Waals surface area contributed by atoms with Crippen LogP contribution in [0.1, 0.15) is 14.5 Å². The third kappa shape index (κ3) is 3.68. The second kappa shape index (κ2) is 6.88. The van der Waals surface area contributed by atoms with Gasteiger partial charge in [-0.25, -0.2) is 4.79 Å². The average molecular weight is 352 g/mol. The molecule has 0 aliphatic rings. The van der Waals surface area contributed by atoms with E-state index in [1.807, 2.05) is 6.92 Å². The molecule has 0 bridgehead atoms. The van der Waals surface area contributed by atoms with Gasteiger partial charge in [-0.2, -0.15) is 0 Å². The zero-order chi connectivity index (χ0) is 14.6. The Bertz CT molecular complexity index is 488. The summed E-state index contributed by atoms with van der Waals surface area (Å²) in [6.07, 6.45) is -1.07. The van der Waals surface area contributed by atoms with Crippen LogP contribution in [0.4, 0.5) is 0 Å². The quantitative estimate of drug-likeness (QED) is 0.813. The summed E-state index contributed by atoms with van der Waals surface area (Å²) in [4.78, 5) is 24.0. The number of methoxy groups -OCH3 is 2. The molecule has 0 aromatic carbocycles. The number of carbonyl (C=O) groups excluding carboxylic acids is 1. The zero-order valence-corrected chi connectivity index (χ0v) is 13.1. The van der Waals surface area contributed by atoms with Gasteiger partial charge in [0.25, 0.3) is 5.91 Å². The van der Waals surface area contributed by atoms with Crippen LogP contribution in [0.3, 0.4) is 0 Å². The highest BCUT2D eigenvalue weighted by atomic mass is 79.9. The van der Waals surface area contributed by atoms with E-state index < -0.39 is 12.1 Å². The lowest BCUT2D eigenvalue weighted by Gasteiger charge is -2.11. The van der Waals surface area contributed by atoms with Crippen LogP contribution < -0.4 is 10.1 Å². The van der Waals surface area contributed by atoms with E-state index in [-0.39, 0.29) is 12.5 Å². The van der Waals surface area contributed by atoms with Crippen molar-refractivity contribution in [1.29, 1.82) is 0 Å². The molecule has 0 saturated heterocycles. The topological polar surface area (TPSA) is 84.9 Å². The van der Waals surface area contributed by atoms with Gasteiger partial charge in [0.1, 0.15) is 4.88 Å². The summed E-state index contributed by atoms with van der Waals surface area (Å²) in [5.74, 6) is -1.07. The molecule has 1 unspecified atom stereocenters. The van der Waals surface area contributed by atoms with Crippen molar-refractivity contribution >= 4 is 39.1 Å². The molecular weight excluding hydrogens is 338 g/mol. The Morgan fingerprint density at radius 3 is 2.58 bits per heavy atom. The Balaban J connectivity index is 2.79. The van der Waals surface area contributed by atoms with Crippen LogP contribution in [-0.4, -0.2) is 43.9 Å². The fourth-order valence-corrected chi connectivity index (χ4v) is 3.04. The van der Waals surface area contributed by atoms with Crippen molar-refractivity contribution in [2.75, 3.05) is 20.8 Å². The summed E-state index contributed by atoms with van der Waals surface area (Å²) in [7, 11) is 2.75. The van der Waals surface area contributed by atoms with Crippen LogP contribution in [0.2, 0.25) is 0 Å². The summed E-state index contributed by atoms with van der Waals surface area (Å²) in [5.41, 5.74) is 0. The highest BCUT2D eigenvalue weighted by molar-refractivity contribution is 9.10. The maximum atomic E-state index is 12.0. The molecule has 1 rings (SSSR count). The highest BCUT2D eigenvalue weighted by Gasteiger charge is 2.23. The Labute approximate surface area is 122 Å². The van der Waals surface area contributed by atoms with Crippen LogP contribution in [-0.2, 0) is 9.53 Å². The van der Waals surface area contributed by atoms with Gasteiger partial charge in [0, 0.05) is 12.0 Å². The average Bonchev–Trinajstić information content (AvgIpc) is 2.65. The van der Waals surface area contributed by atoms with Crippen LogP contribution in [0.5, 0.6) is 5.75 Å². The monoisotopic (exact) mass is 351 g/mol. The predicted octanol–water partition coefficient (Wildman–Crippen LogP) is 1.66. The maximum absolute atomic E-state index is 12.0. The number of thiophene rings is 1. The largest absolute Gasteiger partial charge is 0.494 e. The molecule has 106 valence electrons. The first kappa shape index (κ1) is 15.9. The zero-order valence-electron chi connectivity index (χ0n) is 10.7. The summed E-state index contributed by atoms with van der Waals surface area (Å²) in [5, 5.41) is 11.3. The van der Waals surface area contributed by atoms with E-state index in [9.17, 15) is 9.59 Å². The molecule has 1 atom stereocenters. The number of nitrogens with one attached hydrogen (secondary N) is 1. The number of carboxylic acids is 1. The van der Waals surface area contributed by atoms with Gasteiger partial charge in [-0.05, 0) is 22.9 Å². The van der Waals surface area contributed by atoms with Crippen molar-refractivity contribution in [2.45, 2.75) is 13.0 Å². The summed E-state index contributed by atoms with van der Waals surface area (Å²) in [6, 6.07) is 0. The molecular formula is C11H14BrNO5S. The number of rotatable bonds is 6. The number of aliphatic carboxylic acids is 1. The number of halogens is 1. The third-order valence-corrected chi connectivity index (χ3v) is 4.69. The molecule has 1 aromatic rings. The van der Waals surface area contributed by atoms with E-state index in [1.54, 1.807) is 0 Å². The van der Waals surface area contributed by atoms with E-state index in [4.69, 9.17) is 14.6 Å². The minimum absolute atomic E-state index is 0.109. The van der Waals surface area contributed by atoms with Gasteiger partial charge in [0.05, 0.1) is 18.1 Å². The lowest BCUT2D eigenvalue weighted by Crippen LogP contribution is -2.37. The fraction of sp³-hybridized carbons (Fsp3) is 0.455. The second-order valence-corrected chi connectivity index (χ2v) is 5.62. The number of hydrogen-bond donors (Lipinski definition) is 2. The Morgan fingerprint density at radius 2 is 2.11 bits per heavy atom. The number of aryl methyl sites for hydroxylation is 1. The lowest BCUT2D eigenvalue weighted by molar-refractivity contribution is -0.147. The van der Waals surface area contributed by atoms with Gasteiger partial charge in [0.15, 0.2) is 11.9 Å². The molecule has 0 radical (unpaired) electrons. The predicted molar refractivity (Wildman–Crippen MR) is 74.1 cm³/mol. The Hall–Kier alpha value is -1.12. The van der Waals surface area contributed by atoms with Gasteiger partial charge in [0.2, 0.25) is 0 Å². The molecule has 6 nitrogen and oxygen atoms in total. The summed E-state index contributed by atoms with van der Waals surface area (Å²) < 4.78 is 10.6. The molecule has 0 saturated carbocycles. The normalized spacial score (nSPS) is 12.0. The van der Waals surface area contributed by atoms with Gasteiger partial charge in [-0.3, -0.25) is 4.79 Å². The van der Waals surface area contributed by atoms with Crippen molar-refractivity contribution in [3.05, 3.63) is 14.2 Å². The molecule has 8 heteroatoms. The molecule has 1 amide bonds. The van der Waals surface area contributed by atoms with Crippen molar-refractivity contribution in [3.63, 3.8) is 0 Å². The van der Waals surface area contributed by atoms with Crippen molar-refractivity contribution in [3.8, 4) is 5.75 Å². The van der Waals surface area contributed by atoms with E-state index in [0.29, 0.717) is 10.6 Å². The van der Waals surface area contributed by atoms with Gasteiger partial charge < -0.3 is 19.9 Å². The minimum Gasteiger partial charge on any atom is -0.494 e. The van der Waals surface area contributed by atoms with Crippen molar-refractivity contribution in [2.24, 2.45) is 0 Å². The van der Waals surface area contributed by atoms with Crippen LogP contribution in [0, 0.1) is 6.92 Å². The van der Waals surface area contributed by atoms with Crippen LogP contribution in [0.15, 0.2) is 4.47 Å². The highest BCUT2D eigenvalue weighted by Crippen LogP contribution is 2.38. The first-order valence-electron chi connectivity index (χ1n) is 5.29. The molecule has 0 spiro atoms. The SMILES string of the molecule is COc1c(C(=O)NCC(OC)C(=O)O)sc(C)c1Br. The Morgan fingerprint density at radius 1 is 1.47 bits per heavy atom. The van der Waals surface area contributed by atoms with Crippen LogP contribution in [0.25, 0.3) is 0 Å². The number of carbonyl (C=O) groups is 2. The smallest absolute Gasteiger partial charge is 0.334 e. The summed E-state index contributed by atoms with van der Waals surface area (Å²) >= 11 is 4.60. The molecule has 0 aliphatic heterocycles. The summed E-state index contributed by atoms with van der Waals surface area (Å²) in [6.45, 7) is 1.74.